The van der Waals surface area contributed by atoms with Crippen molar-refractivity contribution in [2.24, 2.45) is 0 Å². The molecule has 0 radical (unpaired) electrons. The van der Waals surface area contributed by atoms with Crippen molar-refractivity contribution in [3.8, 4) is 11.3 Å². The second-order valence-corrected chi connectivity index (χ2v) is 8.73. The number of benzene rings is 1. The number of halogens is 2. The number of hydrogen-bond donors (Lipinski definition) is 1. The Balaban J connectivity index is 1.27. The third-order valence-electron chi connectivity index (χ3n) is 4.75. The van der Waals surface area contributed by atoms with E-state index in [2.05, 4.69) is 37.6 Å². The van der Waals surface area contributed by atoms with Crippen LogP contribution in [0.3, 0.4) is 0 Å². The molecule has 4 rings (SSSR count). The van der Waals surface area contributed by atoms with Gasteiger partial charge in [0.1, 0.15) is 11.6 Å². The Hall–Kier alpha value is -2.20. The van der Waals surface area contributed by atoms with Crippen LogP contribution in [0.2, 0.25) is 0 Å². The first-order valence-electron chi connectivity index (χ1n) is 9.25. The number of carbonyl (C=O) groups is 1. The first-order valence-corrected chi connectivity index (χ1v) is 11.0. The van der Waals surface area contributed by atoms with E-state index >= 15 is 0 Å². The van der Waals surface area contributed by atoms with E-state index in [0.29, 0.717) is 10.8 Å². The Morgan fingerprint density at radius 1 is 1.10 bits per heavy atom. The molecule has 1 N–H and O–H groups in total. The van der Waals surface area contributed by atoms with Gasteiger partial charge in [-0.05, 0) is 29.6 Å². The first kappa shape index (κ1) is 20.1. The molecule has 3 heterocycles. The van der Waals surface area contributed by atoms with E-state index in [4.69, 9.17) is 0 Å². The summed E-state index contributed by atoms with van der Waals surface area (Å²) in [6.45, 7) is 4.75. The van der Waals surface area contributed by atoms with E-state index in [1.54, 1.807) is 16.7 Å². The summed E-state index contributed by atoms with van der Waals surface area (Å²) >= 11 is 2.96. The van der Waals surface area contributed by atoms with E-state index in [0.717, 1.165) is 50.9 Å². The highest BCUT2D eigenvalue weighted by atomic mass is 32.1. The maximum Gasteiger partial charge on any atom is 0.240 e. The summed E-state index contributed by atoms with van der Waals surface area (Å²) in [5, 5.41) is 6.83. The topological polar surface area (TPSA) is 48.5 Å². The molecule has 152 valence electrons. The Labute approximate surface area is 175 Å². The second kappa shape index (κ2) is 9.08. The van der Waals surface area contributed by atoms with Gasteiger partial charge in [-0.25, -0.2) is 13.8 Å². The van der Waals surface area contributed by atoms with Gasteiger partial charge in [-0.15, -0.1) is 22.7 Å². The zero-order valence-electron chi connectivity index (χ0n) is 15.6. The number of thiazole rings is 1. The number of carbonyl (C=O) groups excluding carboxylic acids is 1. The highest BCUT2D eigenvalue weighted by Crippen LogP contribution is 2.27. The van der Waals surface area contributed by atoms with Crippen LogP contribution in [0.4, 0.5) is 13.9 Å². The minimum absolute atomic E-state index is 0.0867. The predicted molar refractivity (Wildman–Crippen MR) is 112 cm³/mol. The van der Waals surface area contributed by atoms with Crippen LogP contribution in [-0.4, -0.2) is 53.4 Å². The van der Waals surface area contributed by atoms with Gasteiger partial charge in [-0.3, -0.25) is 14.6 Å². The zero-order valence-corrected chi connectivity index (χ0v) is 17.2. The van der Waals surface area contributed by atoms with Crippen molar-refractivity contribution in [1.82, 2.24) is 14.8 Å². The number of aromatic nitrogens is 1. The molecule has 2 aromatic heterocycles. The maximum absolute atomic E-state index is 13.9. The minimum Gasteiger partial charge on any atom is -0.301 e. The van der Waals surface area contributed by atoms with Gasteiger partial charge >= 0.3 is 0 Å². The van der Waals surface area contributed by atoms with E-state index in [-0.39, 0.29) is 18.0 Å². The lowest BCUT2D eigenvalue weighted by atomic mass is 10.1. The van der Waals surface area contributed by atoms with Crippen molar-refractivity contribution in [2.75, 3.05) is 38.0 Å². The van der Waals surface area contributed by atoms with Crippen LogP contribution in [0.5, 0.6) is 0 Å². The summed E-state index contributed by atoms with van der Waals surface area (Å²) in [4.78, 5) is 22.4. The van der Waals surface area contributed by atoms with Crippen LogP contribution in [0.1, 0.15) is 4.88 Å². The molecule has 0 spiro atoms. The molecule has 9 heteroatoms. The maximum atomic E-state index is 13.9. The normalized spacial score (nSPS) is 15.5. The Morgan fingerprint density at radius 2 is 1.90 bits per heavy atom. The number of rotatable bonds is 6. The van der Waals surface area contributed by atoms with Gasteiger partial charge in [0.25, 0.3) is 0 Å². The number of hydrogen-bond acceptors (Lipinski definition) is 6. The monoisotopic (exact) mass is 434 g/mol. The largest absolute Gasteiger partial charge is 0.301 e. The van der Waals surface area contributed by atoms with Crippen molar-refractivity contribution in [2.45, 2.75) is 6.54 Å². The minimum atomic E-state index is -0.546. The van der Waals surface area contributed by atoms with E-state index in [1.807, 2.05) is 0 Å². The van der Waals surface area contributed by atoms with Gasteiger partial charge in [-0.1, -0.05) is 6.07 Å². The number of nitrogens with one attached hydrogen (secondary N) is 1. The Kier molecular flexibility index (Phi) is 6.29. The van der Waals surface area contributed by atoms with E-state index < -0.39 is 11.6 Å². The van der Waals surface area contributed by atoms with Crippen molar-refractivity contribution >= 4 is 33.7 Å². The average Bonchev–Trinajstić information content (AvgIpc) is 3.37. The van der Waals surface area contributed by atoms with Gasteiger partial charge in [-0.2, -0.15) is 0 Å². The van der Waals surface area contributed by atoms with Gasteiger partial charge in [0.2, 0.25) is 5.91 Å². The summed E-state index contributed by atoms with van der Waals surface area (Å²) in [6.07, 6.45) is 0. The van der Waals surface area contributed by atoms with Gasteiger partial charge in [0.05, 0.1) is 12.2 Å². The van der Waals surface area contributed by atoms with Crippen LogP contribution in [-0.2, 0) is 11.3 Å². The quantitative estimate of drug-likeness (QED) is 0.639. The molecule has 1 aliphatic rings. The standard InChI is InChI=1S/C20H20F2N4OS2/c21-14-3-4-17(22)16(10-14)18-13-29-20(23-18)24-19(27)12-26-7-5-25(6-8-26)11-15-2-1-9-28-15/h1-4,9-10,13H,5-8,11-12H2,(H,23,24,27). The van der Waals surface area contributed by atoms with Crippen LogP contribution in [0.25, 0.3) is 11.3 Å². The predicted octanol–water partition coefficient (Wildman–Crippen LogP) is 3.91. The van der Waals surface area contributed by atoms with Crippen molar-refractivity contribution in [3.05, 3.63) is 57.6 Å². The highest BCUT2D eigenvalue weighted by molar-refractivity contribution is 7.14. The fourth-order valence-corrected chi connectivity index (χ4v) is 4.71. The fraction of sp³-hybridized carbons (Fsp3) is 0.300. The first-order chi connectivity index (χ1) is 14.1. The number of thiophene rings is 1. The molecule has 1 saturated heterocycles. The zero-order chi connectivity index (χ0) is 20.2. The number of amides is 1. The number of piperazine rings is 1. The molecule has 1 aromatic carbocycles. The number of anilines is 1. The van der Waals surface area contributed by atoms with Crippen molar-refractivity contribution < 1.29 is 13.6 Å². The summed E-state index contributed by atoms with van der Waals surface area (Å²) in [6, 6.07) is 7.44. The lowest BCUT2D eigenvalue weighted by molar-refractivity contribution is -0.117. The van der Waals surface area contributed by atoms with Crippen LogP contribution in [0, 0.1) is 11.6 Å². The second-order valence-electron chi connectivity index (χ2n) is 6.84. The molecule has 0 saturated carbocycles. The van der Waals surface area contributed by atoms with Crippen LogP contribution in [0.15, 0.2) is 41.1 Å². The summed E-state index contributed by atoms with van der Waals surface area (Å²) in [5.74, 6) is -1.23. The molecule has 0 atom stereocenters. The number of nitrogens with zero attached hydrogens (tertiary/aromatic N) is 3. The fourth-order valence-electron chi connectivity index (χ4n) is 3.24. The summed E-state index contributed by atoms with van der Waals surface area (Å²) < 4.78 is 27.3. The molecule has 1 amide bonds. The molecule has 1 fully saturated rings. The van der Waals surface area contributed by atoms with Crippen LogP contribution >= 0.6 is 22.7 Å². The van der Waals surface area contributed by atoms with Crippen LogP contribution < -0.4 is 5.32 Å². The smallest absolute Gasteiger partial charge is 0.240 e. The molecule has 1 aliphatic heterocycles. The van der Waals surface area contributed by atoms with Crippen molar-refractivity contribution in [1.29, 1.82) is 0 Å². The molecule has 0 aliphatic carbocycles. The molecule has 5 nitrogen and oxygen atoms in total. The summed E-state index contributed by atoms with van der Waals surface area (Å²) in [7, 11) is 0. The molecule has 0 unspecified atom stereocenters. The molecular formula is C20H20F2N4OS2. The lowest BCUT2D eigenvalue weighted by Gasteiger charge is -2.33. The Morgan fingerprint density at radius 3 is 2.66 bits per heavy atom. The van der Waals surface area contributed by atoms with Crippen molar-refractivity contribution in [3.63, 3.8) is 0 Å². The van der Waals surface area contributed by atoms with Gasteiger partial charge < -0.3 is 5.32 Å². The summed E-state index contributed by atoms with van der Waals surface area (Å²) in [5.41, 5.74) is 0.396. The average molecular weight is 435 g/mol. The Bertz CT molecular complexity index is 969. The molecule has 0 bridgehead atoms. The third-order valence-corrected chi connectivity index (χ3v) is 6.37. The SMILES string of the molecule is O=C(CN1CCN(Cc2cccs2)CC1)Nc1nc(-c2cc(F)ccc2F)cs1. The van der Waals surface area contributed by atoms with E-state index in [1.165, 1.54) is 16.2 Å². The molecule has 29 heavy (non-hydrogen) atoms. The third kappa shape index (κ3) is 5.24. The molecular weight excluding hydrogens is 414 g/mol. The van der Waals surface area contributed by atoms with Gasteiger partial charge in [0.15, 0.2) is 5.13 Å². The lowest BCUT2D eigenvalue weighted by Crippen LogP contribution is -2.48. The van der Waals surface area contributed by atoms with Gasteiger partial charge in [0, 0.05) is 48.5 Å². The highest BCUT2D eigenvalue weighted by Gasteiger charge is 2.20. The van der Waals surface area contributed by atoms with E-state index in [9.17, 15) is 13.6 Å². The molecule has 3 aromatic rings.